The Balaban J connectivity index is 2.09. The molecule has 1 fully saturated rings. The molecule has 1 atom stereocenters. The highest BCUT2D eigenvalue weighted by atomic mass is 16.6. The molecule has 1 N–H and O–H groups in total. The smallest absolute Gasteiger partial charge is 0.415 e. The molecule has 5 heteroatoms. The quantitative estimate of drug-likeness (QED) is 0.928. The Labute approximate surface area is 126 Å². The summed E-state index contributed by atoms with van der Waals surface area (Å²) >= 11 is 0. The molecule has 0 bridgehead atoms. The Morgan fingerprint density at radius 2 is 2.24 bits per heavy atom. The fourth-order valence-electron chi connectivity index (χ4n) is 2.43. The number of pyridine rings is 1. The largest absolute Gasteiger partial charge is 0.443 e. The number of nitrogens with one attached hydrogen (secondary N) is 1. The van der Waals surface area contributed by atoms with E-state index in [0.29, 0.717) is 18.4 Å². The molecule has 116 valence electrons. The SMILES string of the molecule is CCN(C(=O)OC(C)(C)C)c1ccc([C@@H]2CCCN2)cn1. The minimum atomic E-state index is -0.502. The van der Waals surface area contributed by atoms with Crippen molar-refractivity contribution in [2.75, 3.05) is 18.0 Å². The van der Waals surface area contributed by atoms with E-state index in [1.807, 2.05) is 46.0 Å². The molecule has 21 heavy (non-hydrogen) atoms. The van der Waals surface area contributed by atoms with E-state index in [4.69, 9.17) is 4.74 Å². The molecule has 1 aliphatic rings. The Morgan fingerprint density at radius 3 is 2.71 bits per heavy atom. The highest BCUT2D eigenvalue weighted by Crippen LogP contribution is 2.24. The van der Waals surface area contributed by atoms with Crippen LogP contribution in [0.4, 0.5) is 10.6 Å². The first-order valence-electron chi connectivity index (χ1n) is 7.60. The van der Waals surface area contributed by atoms with Gasteiger partial charge in [-0.1, -0.05) is 6.07 Å². The van der Waals surface area contributed by atoms with Gasteiger partial charge in [-0.3, -0.25) is 4.90 Å². The highest BCUT2D eigenvalue weighted by Gasteiger charge is 2.23. The maximum atomic E-state index is 12.2. The van der Waals surface area contributed by atoms with Gasteiger partial charge < -0.3 is 10.1 Å². The standard InChI is InChI=1S/C16H25N3O2/c1-5-19(15(20)21-16(2,3)4)14-9-8-12(11-18-14)13-7-6-10-17-13/h8-9,11,13,17H,5-7,10H2,1-4H3/t13-/m0/s1. The van der Waals surface area contributed by atoms with Gasteiger partial charge in [0.25, 0.3) is 0 Å². The van der Waals surface area contributed by atoms with Crippen LogP contribution < -0.4 is 10.2 Å². The molecular formula is C16H25N3O2. The van der Waals surface area contributed by atoms with Gasteiger partial charge in [0.2, 0.25) is 0 Å². The van der Waals surface area contributed by atoms with Crippen molar-refractivity contribution in [3.63, 3.8) is 0 Å². The normalized spacial score (nSPS) is 18.6. The minimum Gasteiger partial charge on any atom is -0.443 e. The molecule has 2 heterocycles. The third kappa shape index (κ3) is 4.17. The number of amides is 1. The molecule has 5 nitrogen and oxygen atoms in total. The van der Waals surface area contributed by atoms with E-state index in [9.17, 15) is 4.79 Å². The van der Waals surface area contributed by atoms with E-state index in [1.165, 1.54) is 12.0 Å². The zero-order chi connectivity index (χ0) is 15.5. The summed E-state index contributed by atoms with van der Waals surface area (Å²) in [5, 5.41) is 3.44. The van der Waals surface area contributed by atoms with E-state index in [2.05, 4.69) is 10.3 Å². The summed E-state index contributed by atoms with van der Waals surface area (Å²) in [7, 11) is 0. The van der Waals surface area contributed by atoms with Gasteiger partial charge in [-0.15, -0.1) is 0 Å². The number of hydrogen-bond donors (Lipinski definition) is 1. The summed E-state index contributed by atoms with van der Waals surface area (Å²) in [6.45, 7) is 9.09. The van der Waals surface area contributed by atoms with E-state index in [-0.39, 0.29) is 6.09 Å². The fourth-order valence-corrected chi connectivity index (χ4v) is 2.43. The van der Waals surface area contributed by atoms with Crippen LogP contribution in [-0.2, 0) is 4.74 Å². The number of ether oxygens (including phenoxy) is 1. The zero-order valence-electron chi connectivity index (χ0n) is 13.3. The lowest BCUT2D eigenvalue weighted by Crippen LogP contribution is -2.37. The van der Waals surface area contributed by atoms with E-state index in [0.717, 1.165) is 13.0 Å². The molecule has 1 aromatic rings. The van der Waals surface area contributed by atoms with Crippen molar-refractivity contribution in [1.82, 2.24) is 10.3 Å². The lowest BCUT2D eigenvalue weighted by molar-refractivity contribution is 0.0581. The van der Waals surface area contributed by atoms with Gasteiger partial charge in [0.1, 0.15) is 11.4 Å². The van der Waals surface area contributed by atoms with E-state index >= 15 is 0 Å². The average Bonchev–Trinajstić information content (AvgIpc) is 2.92. The number of hydrogen-bond acceptors (Lipinski definition) is 4. The molecule has 0 unspecified atom stereocenters. The molecule has 0 saturated carbocycles. The third-order valence-electron chi connectivity index (χ3n) is 3.44. The maximum Gasteiger partial charge on any atom is 0.415 e. The van der Waals surface area contributed by atoms with Crippen LogP contribution in [0.15, 0.2) is 18.3 Å². The number of rotatable bonds is 3. The van der Waals surface area contributed by atoms with Crippen LogP contribution in [-0.4, -0.2) is 29.8 Å². The number of anilines is 1. The lowest BCUT2D eigenvalue weighted by atomic mass is 10.1. The van der Waals surface area contributed by atoms with Crippen LogP contribution in [0.25, 0.3) is 0 Å². The number of carbonyl (C=O) groups is 1. The number of nitrogens with zero attached hydrogens (tertiary/aromatic N) is 2. The van der Waals surface area contributed by atoms with Gasteiger partial charge in [0, 0.05) is 18.8 Å². The Kier molecular flexibility index (Phi) is 4.83. The van der Waals surface area contributed by atoms with Crippen LogP contribution in [0.2, 0.25) is 0 Å². The van der Waals surface area contributed by atoms with E-state index in [1.54, 1.807) is 4.90 Å². The highest BCUT2D eigenvalue weighted by molar-refractivity contribution is 5.86. The lowest BCUT2D eigenvalue weighted by Gasteiger charge is -2.26. The molecule has 1 aromatic heterocycles. The summed E-state index contributed by atoms with van der Waals surface area (Å²) in [4.78, 5) is 18.2. The van der Waals surface area contributed by atoms with Crippen LogP contribution in [0.5, 0.6) is 0 Å². The van der Waals surface area contributed by atoms with Gasteiger partial charge in [-0.2, -0.15) is 0 Å². The Hall–Kier alpha value is -1.62. The van der Waals surface area contributed by atoms with Crippen molar-refractivity contribution in [2.24, 2.45) is 0 Å². The topological polar surface area (TPSA) is 54.5 Å². The molecule has 1 saturated heterocycles. The summed E-state index contributed by atoms with van der Waals surface area (Å²) in [6.07, 6.45) is 3.84. The van der Waals surface area contributed by atoms with Crippen molar-refractivity contribution in [2.45, 2.75) is 52.2 Å². The first-order valence-corrected chi connectivity index (χ1v) is 7.60. The summed E-state index contributed by atoms with van der Waals surface area (Å²) < 4.78 is 5.41. The summed E-state index contributed by atoms with van der Waals surface area (Å²) in [5.41, 5.74) is 0.676. The number of aromatic nitrogens is 1. The predicted molar refractivity (Wildman–Crippen MR) is 83.5 cm³/mol. The van der Waals surface area contributed by atoms with Gasteiger partial charge in [0.15, 0.2) is 0 Å². The minimum absolute atomic E-state index is 0.357. The molecule has 1 aliphatic heterocycles. The summed E-state index contributed by atoms with van der Waals surface area (Å²) in [5.74, 6) is 0.633. The van der Waals surface area contributed by atoms with Gasteiger partial charge in [-0.05, 0) is 58.7 Å². The monoisotopic (exact) mass is 291 g/mol. The van der Waals surface area contributed by atoms with Crippen molar-refractivity contribution in [1.29, 1.82) is 0 Å². The van der Waals surface area contributed by atoms with Gasteiger partial charge >= 0.3 is 6.09 Å². The first-order chi connectivity index (χ1) is 9.90. The first kappa shape index (κ1) is 15.8. The van der Waals surface area contributed by atoms with Crippen molar-refractivity contribution < 1.29 is 9.53 Å². The third-order valence-corrected chi connectivity index (χ3v) is 3.44. The molecule has 1 amide bonds. The van der Waals surface area contributed by atoms with Crippen LogP contribution >= 0.6 is 0 Å². The molecule has 0 aromatic carbocycles. The van der Waals surface area contributed by atoms with Crippen LogP contribution in [0.3, 0.4) is 0 Å². The second-order valence-electron chi connectivity index (χ2n) is 6.32. The van der Waals surface area contributed by atoms with Crippen molar-refractivity contribution in [3.8, 4) is 0 Å². The predicted octanol–water partition coefficient (Wildman–Crippen LogP) is 3.27. The fraction of sp³-hybridized carbons (Fsp3) is 0.625. The Morgan fingerprint density at radius 1 is 1.48 bits per heavy atom. The van der Waals surface area contributed by atoms with Crippen molar-refractivity contribution >= 4 is 11.9 Å². The summed E-state index contributed by atoms with van der Waals surface area (Å²) in [6, 6.07) is 4.32. The second-order valence-corrected chi connectivity index (χ2v) is 6.32. The molecular weight excluding hydrogens is 266 g/mol. The number of carbonyl (C=O) groups excluding carboxylic acids is 1. The second kappa shape index (κ2) is 6.43. The van der Waals surface area contributed by atoms with Crippen molar-refractivity contribution in [3.05, 3.63) is 23.9 Å². The Bertz CT molecular complexity index is 473. The van der Waals surface area contributed by atoms with E-state index < -0.39 is 5.60 Å². The molecule has 0 radical (unpaired) electrons. The van der Waals surface area contributed by atoms with Gasteiger partial charge in [0.05, 0.1) is 0 Å². The zero-order valence-corrected chi connectivity index (χ0v) is 13.3. The maximum absolute atomic E-state index is 12.2. The van der Waals surface area contributed by atoms with Crippen LogP contribution in [0, 0.1) is 0 Å². The average molecular weight is 291 g/mol. The van der Waals surface area contributed by atoms with Gasteiger partial charge in [-0.25, -0.2) is 9.78 Å². The van der Waals surface area contributed by atoms with Crippen LogP contribution in [0.1, 0.15) is 52.1 Å². The molecule has 2 rings (SSSR count). The molecule has 0 spiro atoms. The molecule has 0 aliphatic carbocycles.